The number of rotatable bonds is 2. The second kappa shape index (κ2) is 6.91. The van der Waals surface area contributed by atoms with E-state index < -0.39 is 0 Å². The summed E-state index contributed by atoms with van der Waals surface area (Å²) in [7, 11) is 0. The summed E-state index contributed by atoms with van der Waals surface area (Å²) < 4.78 is 0. The first-order valence-corrected chi connectivity index (χ1v) is 8.05. The van der Waals surface area contributed by atoms with Crippen LogP contribution in [0, 0.1) is 11.8 Å². The number of aromatic nitrogens is 3. The lowest BCUT2D eigenvalue weighted by molar-refractivity contribution is 0.102. The van der Waals surface area contributed by atoms with Crippen LogP contribution in [-0.2, 0) is 0 Å². The van der Waals surface area contributed by atoms with Crippen molar-refractivity contribution in [1.29, 1.82) is 0 Å². The number of carbonyl (C=O) groups excluding carboxylic acids is 1. The van der Waals surface area contributed by atoms with Gasteiger partial charge in [0.1, 0.15) is 5.69 Å². The molecule has 0 aliphatic carbocycles. The van der Waals surface area contributed by atoms with Gasteiger partial charge in [0.15, 0.2) is 0 Å². The van der Waals surface area contributed by atoms with E-state index in [1.807, 2.05) is 48.5 Å². The molecule has 2 heterocycles. The predicted octanol–water partition coefficient (Wildman–Crippen LogP) is 3.61. The minimum Gasteiger partial charge on any atom is -0.345 e. The van der Waals surface area contributed by atoms with E-state index in [1.165, 1.54) is 0 Å². The summed E-state index contributed by atoms with van der Waals surface area (Å²) in [6.45, 7) is 0. The minimum absolute atomic E-state index is 0.184. The molecule has 5 nitrogen and oxygen atoms in total. The van der Waals surface area contributed by atoms with Crippen LogP contribution in [0.3, 0.4) is 0 Å². The van der Waals surface area contributed by atoms with Gasteiger partial charge in [-0.05, 0) is 54.5 Å². The summed E-state index contributed by atoms with van der Waals surface area (Å²) in [6, 6.07) is 18.4. The molecule has 0 bridgehead atoms. The SMILES string of the molecule is O=C(Nc1cccc(C#Cc2ccccn2)c1)c1ccc2nc[nH]c2c1. The molecule has 0 spiro atoms. The van der Waals surface area contributed by atoms with Crippen LogP contribution in [0.4, 0.5) is 5.69 Å². The zero-order valence-corrected chi connectivity index (χ0v) is 13.7. The molecule has 0 fully saturated rings. The average Bonchev–Trinajstić information content (AvgIpc) is 3.15. The van der Waals surface area contributed by atoms with E-state index in [-0.39, 0.29) is 5.91 Å². The van der Waals surface area contributed by atoms with Gasteiger partial charge >= 0.3 is 0 Å². The van der Waals surface area contributed by atoms with E-state index >= 15 is 0 Å². The molecule has 124 valence electrons. The van der Waals surface area contributed by atoms with Crippen molar-refractivity contribution in [2.75, 3.05) is 5.32 Å². The van der Waals surface area contributed by atoms with Crippen LogP contribution in [0.5, 0.6) is 0 Å². The number of amides is 1. The van der Waals surface area contributed by atoms with Gasteiger partial charge < -0.3 is 10.3 Å². The first kappa shape index (κ1) is 15.6. The number of hydrogen-bond donors (Lipinski definition) is 2. The third-order valence-electron chi connectivity index (χ3n) is 3.80. The zero-order valence-electron chi connectivity index (χ0n) is 13.7. The molecule has 0 aliphatic rings. The first-order valence-electron chi connectivity index (χ1n) is 8.05. The van der Waals surface area contributed by atoms with Crippen LogP contribution in [-0.4, -0.2) is 20.9 Å². The molecule has 4 rings (SSSR count). The molecule has 1 amide bonds. The van der Waals surface area contributed by atoms with Gasteiger partial charge in [0.05, 0.1) is 17.4 Å². The first-order chi connectivity index (χ1) is 12.8. The molecule has 0 saturated heterocycles. The van der Waals surface area contributed by atoms with E-state index in [0.29, 0.717) is 16.9 Å². The summed E-state index contributed by atoms with van der Waals surface area (Å²) in [5, 5.41) is 2.90. The molecule has 4 aromatic rings. The predicted molar refractivity (Wildman–Crippen MR) is 101 cm³/mol. The third-order valence-corrected chi connectivity index (χ3v) is 3.80. The number of pyridine rings is 1. The van der Waals surface area contributed by atoms with Gasteiger partial charge in [-0.1, -0.05) is 18.1 Å². The minimum atomic E-state index is -0.184. The van der Waals surface area contributed by atoms with Gasteiger partial charge in [-0.3, -0.25) is 4.79 Å². The normalized spacial score (nSPS) is 10.2. The number of imidazole rings is 1. The number of aromatic amines is 1. The maximum atomic E-state index is 12.5. The Bertz CT molecular complexity index is 1140. The number of anilines is 1. The molecule has 26 heavy (non-hydrogen) atoms. The second-order valence-electron chi connectivity index (χ2n) is 5.63. The van der Waals surface area contributed by atoms with E-state index in [9.17, 15) is 4.79 Å². The number of hydrogen-bond acceptors (Lipinski definition) is 3. The monoisotopic (exact) mass is 338 g/mol. The standard InChI is InChI=1S/C21H14N4O/c26-21(16-8-10-19-20(13-16)24-14-23-19)25-18-6-3-4-15(12-18)7-9-17-5-1-2-11-22-17/h1-6,8,10-14H,(H,23,24)(H,25,26). The Morgan fingerprint density at radius 3 is 2.81 bits per heavy atom. The Labute approximate surface area is 150 Å². The lowest BCUT2D eigenvalue weighted by atomic mass is 10.1. The quantitative estimate of drug-likeness (QED) is 0.549. The Balaban J connectivity index is 1.53. The summed E-state index contributed by atoms with van der Waals surface area (Å²) in [5.74, 6) is 5.88. The highest BCUT2D eigenvalue weighted by Gasteiger charge is 2.08. The maximum Gasteiger partial charge on any atom is 0.255 e. The fourth-order valence-electron chi connectivity index (χ4n) is 2.53. The van der Waals surface area contributed by atoms with E-state index in [1.54, 1.807) is 24.7 Å². The van der Waals surface area contributed by atoms with Crippen molar-refractivity contribution >= 4 is 22.6 Å². The van der Waals surface area contributed by atoms with Crippen LogP contribution >= 0.6 is 0 Å². The fourth-order valence-corrected chi connectivity index (χ4v) is 2.53. The van der Waals surface area contributed by atoms with E-state index in [4.69, 9.17) is 0 Å². The molecular weight excluding hydrogens is 324 g/mol. The number of nitrogens with one attached hydrogen (secondary N) is 2. The maximum absolute atomic E-state index is 12.5. The fraction of sp³-hybridized carbons (Fsp3) is 0. The summed E-state index contributed by atoms with van der Waals surface area (Å²) in [4.78, 5) is 23.8. The smallest absolute Gasteiger partial charge is 0.255 e. The number of nitrogens with zero attached hydrogens (tertiary/aromatic N) is 2. The van der Waals surface area contributed by atoms with Crippen LogP contribution < -0.4 is 5.32 Å². The van der Waals surface area contributed by atoms with Gasteiger partial charge in [-0.15, -0.1) is 0 Å². The lowest BCUT2D eigenvalue weighted by Crippen LogP contribution is -2.11. The lowest BCUT2D eigenvalue weighted by Gasteiger charge is -2.05. The molecule has 0 aliphatic heterocycles. The van der Waals surface area contributed by atoms with E-state index in [0.717, 1.165) is 16.6 Å². The van der Waals surface area contributed by atoms with Crippen molar-refractivity contribution in [3.63, 3.8) is 0 Å². The summed E-state index contributed by atoms with van der Waals surface area (Å²) >= 11 is 0. The van der Waals surface area contributed by atoms with Crippen LogP contribution in [0.25, 0.3) is 11.0 Å². The van der Waals surface area contributed by atoms with Gasteiger partial charge in [0.2, 0.25) is 0 Å². The van der Waals surface area contributed by atoms with Gasteiger partial charge in [-0.25, -0.2) is 9.97 Å². The molecule has 0 atom stereocenters. The van der Waals surface area contributed by atoms with Crippen molar-refractivity contribution in [3.05, 3.63) is 90.0 Å². The number of H-pyrrole nitrogens is 1. The van der Waals surface area contributed by atoms with Crippen molar-refractivity contribution in [1.82, 2.24) is 15.0 Å². The largest absolute Gasteiger partial charge is 0.345 e. The van der Waals surface area contributed by atoms with Crippen LogP contribution in [0.15, 0.2) is 73.2 Å². The van der Waals surface area contributed by atoms with Gasteiger partial charge in [-0.2, -0.15) is 0 Å². The average molecular weight is 338 g/mol. The highest BCUT2D eigenvalue weighted by molar-refractivity contribution is 6.05. The Hall–Kier alpha value is -3.91. The van der Waals surface area contributed by atoms with Gasteiger partial charge in [0, 0.05) is 23.0 Å². The topological polar surface area (TPSA) is 70.7 Å². The number of benzene rings is 2. The highest BCUT2D eigenvalue weighted by atomic mass is 16.1. The van der Waals surface area contributed by atoms with E-state index in [2.05, 4.69) is 32.1 Å². The molecular formula is C21H14N4O. The second-order valence-corrected chi connectivity index (χ2v) is 5.63. The summed E-state index contributed by atoms with van der Waals surface area (Å²) in [6.07, 6.45) is 3.31. The Kier molecular flexibility index (Phi) is 4.15. The molecule has 0 unspecified atom stereocenters. The Morgan fingerprint density at radius 2 is 1.92 bits per heavy atom. The molecule has 0 radical (unpaired) electrons. The van der Waals surface area contributed by atoms with Crippen molar-refractivity contribution in [2.45, 2.75) is 0 Å². The molecule has 2 aromatic carbocycles. The van der Waals surface area contributed by atoms with Gasteiger partial charge in [0.25, 0.3) is 5.91 Å². The molecule has 2 aromatic heterocycles. The highest BCUT2D eigenvalue weighted by Crippen LogP contribution is 2.15. The molecule has 0 saturated carbocycles. The van der Waals surface area contributed by atoms with Crippen molar-refractivity contribution in [2.24, 2.45) is 0 Å². The molecule has 2 N–H and O–H groups in total. The number of carbonyl (C=O) groups is 1. The third kappa shape index (κ3) is 3.45. The zero-order chi connectivity index (χ0) is 17.8. The van der Waals surface area contributed by atoms with Crippen LogP contribution in [0.2, 0.25) is 0 Å². The molecule has 5 heteroatoms. The van der Waals surface area contributed by atoms with Crippen LogP contribution in [0.1, 0.15) is 21.6 Å². The number of fused-ring (bicyclic) bond motifs is 1. The van der Waals surface area contributed by atoms with Crippen molar-refractivity contribution in [3.8, 4) is 11.8 Å². The summed E-state index contributed by atoms with van der Waals surface area (Å²) in [5.41, 5.74) is 4.41. The Morgan fingerprint density at radius 1 is 0.962 bits per heavy atom. The van der Waals surface area contributed by atoms with Crippen molar-refractivity contribution < 1.29 is 4.79 Å².